The fourth-order valence-electron chi connectivity index (χ4n) is 1.29. The van der Waals surface area contributed by atoms with Gasteiger partial charge in [-0.1, -0.05) is 0 Å². The quantitative estimate of drug-likeness (QED) is 0.648. The molecule has 0 atom stereocenters. The number of esters is 1. The fourth-order valence-corrected chi connectivity index (χ4v) is 1.29. The summed E-state index contributed by atoms with van der Waals surface area (Å²) < 4.78 is 6.71. The van der Waals surface area contributed by atoms with Gasteiger partial charge in [0.15, 0.2) is 0 Å². The Labute approximate surface area is 95.2 Å². The topological polar surface area (TPSA) is 60.2 Å². The number of ether oxygens (including phenoxy) is 1. The van der Waals surface area contributed by atoms with E-state index in [0.29, 0.717) is 26.1 Å². The predicted octanol–water partition coefficient (Wildman–Crippen LogP) is 0.200. The second kappa shape index (κ2) is 6.22. The van der Waals surface area contributed by atoms with E-state index >= 15 is 0 Å². The van der Waals surface area contributed by atoms with E-state index in [9.17, 15) is 4.79 Å². The smallest absolute Gasteiger partial charge is 0.307 e. The van der Waals surface area contributed by atoms with Crippen LogP contribution in [0.25, 0.3) is 0 Å². The molecule has 0 aromatic carbocycles. The van der Waals surface area contributed by atoms with Crippen LogP contribution in [0.5, 0.6) is 0 Å². The number of aryl methyl sites for hydroxylation is 1. The Kier molecular flexibility index (Phi) is 4.91. The number of rotatable bonds is 6. The van der Waals surface area contributed by atoms with Crippen LogP contribution in [0.4, 0.5) is 0 Å². The lowest BCUT2D eigenvalue weighted by Crippen LogP contribution is -2.23. The first kappa shape index (κ1) is 12.6. The summed E-state index contributed by atoms with van der Waals surface area (Å²) in [6, 6.07) is 0. The third-order valence-corrected chi connectivity index (χ3v) is 2.22. The Morgan fingerprint density at radius 3 is 2.94 bits per heavy atom. The highest BCUT2D eigenvalue weighted by molar-refractivity contribution is 5.69. The molecule has 6 nitrogen and oxygen atoms in total. The first-order valence-electron chi connectivity index (χ1n) is 5.30. The Balaban J connectivity index is 2.28. The third kappa shape index (κ3) is 3.98. The second-order valence-corrected chi connectivity index (χ2v) is 3.65. The highest BCUT2D eigenvalue weighted by Gasteiger charge is 2.08. The molecule has 0 fully saturated rings. The molecule has 1 aromatic rings. The van der Waals surface area contributed by atoms with Gasteiger partial charge >= 0.3 is 5.97 Å². The summed E-state index contributed by atoms with van der Waals surface area (Å²) in [6.45, 7) is 3.58. The van der Waals surface area contributed by atoms with Gasteiger partial charge < -0.3 is 9.30 Å². The van der Waals surface area contributed by atoms with Gasteiger partial charge in [-0.25, -0.2) is 0 Å². The molecule has 16 heavy (non-hydrogen) atoms. The van der Waals surface area contributed by atoms with E-state index in [1.807, 2.05) is 23.6 Å². The van der Waals surface area contributed by atoms with Gasteiger partial charge in [-0.2, -0.15) is 0 Å². The van der Waals surface area contributed by atoms with Crippen molar-refractivity contribution in [3.05, 3.63) is 12.2 Å². The van der Waals surface area contributed by atoms with Crippen molar-refractivity contribution in [2.24, 2.45) is 7.05 Å². The zero-order valence-electron chi connectivity index (χ0n) is 10.0. The molecule has 0 aliphatic rings. The van der Waals surface area contributed by atoms with Crippen LogP contribution < -0.4 is 0 Å². The van der Waals surface area contributed by atoms with Crippen LogP contribution in [0.2, 0.25) is 0 Å². The largest absolute Gasteiger partial charge is 0.466 e. The average Bonchev–Trinajstić information content (AvgIpc) is 2.62. The predicted molar refractivity (Wildman–Crippen MR) is 58.6 cm³/mol. The van der Waals surface area contributed by atoms with E-state index in [0.717, 1.165) is 5.82 Å². The normalized spacial score (nSPS) is 10.8. The molecular formula is C10H18N4O2. The van der Waals surface area contributed by atoms with E-state index in [-0.39, 0.29) is 5.97 Å². The number of carbonyl (C=O) groups is 1. The van der Waals surface area contributed by atoms with Crippen LogP contribution in [-0.4, -0.2) is 45.8 Å². The Hall–Kier alpha value is -1.43. The van der Waals surface area contributed by atoms with E-state index in [1.54, 1.807) is 13.3 Å². The van der Waals surface area contributed by atoms with Crippen molar-refractivity contribution in [3.8, 4) is 0 Å². The van der Waals surface area contributed by atoms with Crippen molar-refractivity contribution in [2.75, 3.05) is 20.2 Å². The average molecular weight is 226 g/mol. The van der Waals surface area contributed by atoms with Crippen LogP contribution in [-0.2, 0) is 23.1 Å². The molecule has 0 amide bonds. The van der Waals surface area contributed by atoms with Crippen LogP contribution in [0.3, 0.4) is 0 Å². The van der Waals surface area contributed by atoms with Crippen molar-refractivity contribution >= 4 is 5.97 Å². The Morgan fingerprint density at radius 2 is 2.38 bits per heavy atom. The van der Waals surface area contributed by atoms with E-state index in [1.165, 1.54) is 0 Å². The summed E-state index contributed by atoms with van der Waals surface area (Å²) in [7, 11) is 3.84. The van der Waals surface area contributed by atoms with Gasteiger partial charge in [-0.3, -0.25) is 9.69 Å². The van der Waals surface area contributed by atoms with Gasteiger partial charge in [0.2, 0.25) is 0 Å². The molecule has 0 aliphatic carbocycles. The van der Waals surface area contributed by atoms with Crippen LogP contribution in [0.15, 0.2) is 6.33 Å². The maximum absolute atomic E-state index is 11.1. The molecule has 0 saturated carbocycles. The molecule has 90 valence electrons. The molecular weight excluding hydrogens is 208 g/mol. The number of hydrogen-bond donors (Lipinski definition) is 0. The summed E-state index contributed by atoms with van der Waals surface area (Å²) in [4.78, 5) is 13.1. The van der Waals surface area contributed by atoms with Crippen molar-refractivity contribution in [2.45, 2.75) is 19.9 Å². The highest BCUT2D eigenvalue weighted by Crippen LogP contribution is 1.99. The molecule has 1 heterocycles. The van der Waals surface area contributed by atoms with Gasteiger partial charge in [-0.05, 0) is 14.0 Å². The van der Waals surface area contributed by atoms with Crippen LogP contribution in [0.1, 0.15) is 19.2 Å². The summed E-state index contributed by atoms with van der Waals surface area (Å²) >= 11 is 0. The monoisotopic (exact) mass is 226 g/mol. The van der Waals surface area contributed by atoms with Gasteiger partial charge in [0, 0.05) is 13.6 Å². The van der Waals surface area contributed by atoms with Crippen molar-refractivity contribution < 1.29 is 9.53 Å². The SMILES string of the molecule is CCOC(=O)CCN(C)Cc1nncn1C. The van der Waals surface area contributed by atoms with E-state index in [2.05, 4.69) is 10.2 Å². The molecule has 0 bridgehead atoms. The fraction of sp³-hybridized carbons (Fsp3) is 0.700. The van der Waals surface area contributed by atoms with Crippen molar-refractivity contribution in [1.82, 2.24) is 19.7 Å². The van der Waals surface area contributed by atoms with Gasteiger partial charge in [0.1, 0.15) is 12.2 Å². The van der Waals surface area contributed by atoms with Gasteiger partial charge in [0.25, 0.3) is 0 Å². The number of carbonyl (C=O) groups excluding carboxylic acids is 1. The van der Waals surface area contributed by atoms with Crippen LogP contribution in [0, 0.1) is 0 Å². The van der Waals surface area contributed by atoms with Gasteiger partial charge in [-0.15, -0.1) is 10.2 Å². The minimum atomic E-state index is -0.160. The number of aromatic nitrogens is 3. The van der Waals surface area contributed by atoms with Gasteiger partial charge in [0.05, 0.1) is 19.6 Å². The lowest BCUT2D eigenvalue weighted by molar-refractivity contribution is -0.143. The molecule has 0 unspecified atom stereocenters. The summed E-state index contributed by atoms with van der Waals surface area (Å²) in [5.74, 6) is 0.721. The second-order valence-electron chi connectivity index (χ2n) is 3.65. The Morgan fingerprint density at radius 1 is 1.62 bits per heavy atom. The molecule has 6 heteroatoms. The highest BCUT2D eigenvalue weighted by atomic mass is 16.5. The minimum Gasteiger partial charge on any atom is -0.466 e. The Bertz CT molecular complexity index is 337. The van der Waals surface area contributed by atoms with Crippen molar-refractivity contribution in [1.29, 1.82) is 0 Å². The lowest BCUT2D eigenvalue weighted by atomic mass is 10.4. The maximum atomic E-state index is 11.1. The molecule has 1 rings (SSSR count). The van der Waals surface area contributed by atoms with E-state index < -0.39 is 0 Å². The zero-order valence-corrected chi connectivity index (χ0v) is 10.0. The first-order chi connectivity index (χ1) is 7.63. The summed E-state index contributed by atoms with van der Waals surface area (Å²) in [6.07, 6.45) is 2.07. The minimum absolute atomic E-state index is 0.160. The third-order valence-electron chi connectivity index (χ3n) is 2.22. The summed E-state index contributed by atoms with van der Waals surface area (Å²) in [5, 5.41) is 7.77. The molecule has 0 aliphatic heterocycles. The molecule has 0 N–H and O–H groups in total. The lowest BCUT2D eigenvalue weighted by Gasteiger charge is -2.14. The molecule has 0 saturated heterocycles. The van der Waals surface area contributed by atoms with Crippen molar-refractivity contribution in [3.63, 3.8) is 0 Å². The molecule has 0 radical (unpaired) electrons. The zero-order chi connectivity index (χ0) is 12.0. The molecule has 1 aromatic heterocycles. The molecule has 0 spiro atoms. The first-order valence-corrected chi connectivity index (χ1v) is 5.30. The maximum Gasteiger partial charge on any atom is 0.307 e. The summed E-state index contributed by atoms with van der Waals surface area (Å²) in [5.41, 5.74) is 0. The van der Waals surface area contributed by atoms with Crippen LogP contribution >= 0.6 is 0 Å². The number of nitrogens with zero attached hydrogens (tertiary/aromatic N) is 4. The van der Waals surface area contributed by atoms with E-state index in [4.69, 9.17) is 4.74 Å². The number of hydrogen-bond acceptors (Lipinski definition) is 5. The standard InChI is InChI=1S/C10H18N4O2/c1-4-16-10(15)5-6-13(2)7-9-12-11-8-14(9)3/h8H,4-7H2,1-3H3.